The van der Waals surface area contributed by atoms with Gasteiger partial charge in [0.15, 0.2) is 0 Å². The second kappa shape index (κ2) is 9.30. The quantitative estimate of drug-likeness (QED) is 0.779. The van der Waals surface area contributed by atoms with Gasteiger partial charge in [0.1, 0.15) is 4.88 Å². The molecule has 1 aromatic heterocycles. The van der Waals surface area contributed by atoms with E-state index < -0.39 is 0 Å². The fourth-order valence-electron chi connectivity index (χ4n) is 3.36. The minimum Gasteiger partial charge on any atom is -0.348 e. The minimum absolute atomic E-state index is 0.0000623. The zero-order chi connectivity index (χ0) is 20.1. The molecule has 150 valence electrons. The maximum atomic E-state index is 12.3. The monoisotopic (exact) mass is 400 g/mol. The number of piperidine rings is 1. The normalized spacial score (nSPS) is 15.6. The van der Waals surface area contributed by atoms with Gasteiger partial charge in [-0.05, 0) is 43.4 Å². The molecule has 7 heteroatoms. The number of carbonyl (C=O) groups excluding carboxylic acids is 2. The second-order valence-electron chi connectivity index (χ2n) is 7.62. The van der Waals surface area contributed by atoms with E-state index in [9.17, 15) is 9.59 Å². The first kappa shape index (κ1) is 20.5. The summed E-state index contributed by atoms with van der Waals surface area (Å²) in [5.41, 5.74) is 4.56. The van der Waals surface area contributed by atoms with Crippen LogP contribution in [0.4, 0.5) is 5.69 Å². The number of rotatable bonds is 6. The minimum atomic E-state index is -0.0407. The molecular formula is C21H28N4O2S. The van der Waals surface area contributed by atoms with Crippen molar-refractivity contribution >= 4 is 28.8 Å². The molecule has 0 bridgehead atoms. The van der Waals surface area contributed by atoms with Crippen molar-refractivity contribution in [1.29, 1.82) is 0 Å². The largest absolute Gasteiger partial charge is 0.348 e. The lowest BCUT2D eigenvalue weighted by atomic mass is 10.0. The Kier molecular flexibility index (Phi) is 6.80. The van der Waals surface area contributed by atoms with Crippen LogP contribution in [-0.4, -0.2) is 47.4 Å². The number of aryl methyl sites for hydroxylation is 1. The summed E-state index contributed by atoms with van der Waals surface area (Å²) >= 11 is 1.37. The van der Waals surface area contributed by atoms with Crippen molar-refractivity contribution in [2.75, 3.05) is 25.0 Å². The zero-order valence-electron chi connectivity index (χ0n) is 16.7. The summed E-state index contributed by atoms with van der Waals surface area (Å²) in [4.78, 5) is 31.6. The molecule has 1 aliphatic heterocycles. The Balaban J connectivity index is 1.42. The van der Waals surface area contributed by atoms with Crippen LogP contribution in [0.25, 0.3) is 0 Å². The molecule has 0 radical (unpaired) electrons. The lowest BCUT2D eigenvalue weighted by molar-refractivity contribution is -0.117. The molecule has 0 saturated carbocycles. The Labute approximate surface area is 170 Å². The number of nitrogens with one attached hydrogen (secondary N) is 2. The highest BCUT2D eigenvalue weighted by Crippen LogP contribution is 2.18. The topological polar surface area (TPSA) is 74.3 Å². The smallest absolute Gasteiger partial charge is 0.263 e. The first-order chi connectivity index (χ1) is 13.4. The number of thiazole rings is 1. The van der Waals surface area contributed by atoms with Gasteiger partial charge in [0.2, 0.25) is 5.91 Å². The number of hydrogen-bond acceptors (Lipinski definition) is 5. The van der Waals surface area contributed by atoms with Crippen molar-refractivity contribution < 1.29 is 9.59 Å². The predicted octanol–water partition coefficient (Wildman–Crippen LogP) is 3.41. The van der Waals surface area contributed by atoms with Crippen molar-refractivity contribution in [2.45, 2.75) is 45.6 Å². The fraction of sp³-hybridized carbons (Fsp3) is 0.476. The summed E-state index contributed by atoms with van der Waals surface area (Å²) < 4.78 is 0. The highest BCUT2D eigenvalue weighted by atomic mass is 32.1. The van der Waals surface area contributed by atoms with Gasteiger partial charge in [-0.1, -0.05) is 26.0 Å². The van der Waals surface area contributed by atoms with Crippen molar-refractivity contribution in [1.82, 2.24) is 15.2 Å². The van der Waals surface area contributed by atoms with E-state index in [-0.39, 0.29) is 17.9 Å². The third kappa shape index (κ3) is 5.39. The van der Waals surface area contributed by atoms with Crippen LogP contribution in [0, 0.1) is 6.92 Å². The van der Waals surface area contributed by atoms with Gasteiger partial charge < -0.3 is 10.6 Å². The highest BCUT2D eigenvalue weighted by molar-refractivity contribution is 7.11. The molecule has 0 spiro atoms. The number of amides is 2. The first-order valence-electron chi connectivity index (χ1n) is 9.75. The average Bonchev–Trinajstić information content (AvgIpc) is 3.10. The molecule has 28 heavy (non-hydrogen) atoms. The molecule has 1 aromatic carbocycles. The van der Waals surface area contributed by atoms with E-state index in [1.165, 1.54) is 16.9 Å². The summed E-state index contributed by atoms with van der Waals surface area (Å²) in [6.07, 6.45) is 1.69. The molecule has 0 unspecified atom stereocenters. The molecule has 2 heterocycles. The standard InChI is InChI=1S/C21H28N4O2S/c1-14(2)16-4-6-17(7-5-16)23-19(26)12-25-10-8-18(9-11-25)24-21(27)20-15(3)22-13-28-20/h4-7,13-14,18H,8-12H2,1-3H3,(H,23,26)(H,24,27). The van der Waals surface area contributed by atoms with Crippen LogP contribution in [-0.2, 0) is 4.79 Å². The van der Waals surface area contributed by atoms with Crippen molar-refractivity contribution in [2.24, 2.45) is 0 Å². The van der Waals surface area contributed by atoms with Crippen LogP contribution in [0.15, 0.2) is 29.8 Å². The van der Waals surface area contributed by atoms with Crippen LogP contribution in [0.2, 0.25) is 0 Å². The first-order valence-corrected chi connectivity index (χ1v) is 10.6. The van der Waals surface area contributed by atoms with Crippen LogP contribution in [0.5, 0.6) is 0 Å². The van der Waals surface area contributed by atoms with Gasteiger partial charge in [0.25, 0.3) is 5.91 Å². The SMILES string of the molecule is Cc1ncsc1C(=O)NC1CCN(CC(=O)Nc2ccc(C(C)C)cc2)CC1. The van der Waals surface area contributed by atoms with E-state index in [1.807, 2.05) is 19.1 Å². The molecule has 1 fully saturated rings. The Hall–Kier alpha value is -2.25. The summed E-state index contributed by atoms with van der Waals surface area (Å²) in [5.74, 6) is 0.438. The van der Waals surface area contributed by atoms with E-state index in [0.29, 0.717) is 17.3 Å². The Morgan fingerprint density at radius 1 is 1.21 bits per heavy atom. The molecule has 2 N–H and O–H groups in total. The van der Waals surface area contributed by atoms with Gasteiger partial charge in [-0.15, -0.1) is 11.3 Å². The number of anilines is 1. The Bertz CT molecular complexity index is 808. The molecule has 2 aromatic rings. The van der Waals surface area contributed by atoms with Gasteiger partial charge >= 0.3 is 0 Å². The summed E-state index contributed by atoms with van der Waals surface area (Å²) in [7, 11) is 0. The maximum Gasteiger partial charge on any atom is 0.263 e. The molecule has 6 nitrogen and oxygen atoms in total. The van der Waals surface area contributed by atoms with Crippen LogP contribution in [0.3, 0.4) is 0 Å². The van der Waals surface area contributed by atoms with Crippen molar-refractivity contribution in [3.05, 3.63) is 45.9 Å². The molecule has 0 aliphatic carbocycles. The van der Waals surface area contributed by atoms with Crippen LogP contribution < -0.4 is 10.6 Å². The number of benzene rings is 1. The van der Waals surface area contributed by atoms with Crippen LogP contribution in [0.1, 0.15) is 53.5 Å². The van der Waals surface area contributed by atoms with Crippen molar-refractivity contribution in [3.63, 3.8) is 0 Å². The number of carbonyl (C=O) groups is 2. The molecule has 3 rings (SSSR count). The van der Waals surface area contributed by atoms with E-state index in [0.717, 1.165) is 37.3 Å². The maximum absolute atomic E-state index is 12.3. The third-order valence-corrected chi connectivity index (χ3v) is 6.03. The molecule has 1 aliphatic rings. The number of hydrogen-bond donors (Lipinski definition) is 2. The van der Waals surface area contributed by atoms with E-state index in [4.69, 9.17) is 0 Å². The van der Waals surface area contributed by atoms with Gasteiger partial charge in [-0.2, -0.15) is 0 Å². The molecule has 1 saturated heterocycles. The summed E-state index contributed by atoms with van der Waals surface area (Å²) in [6, 6.07) is 8.17. The van der Waals surface area contributed by atoms with Crippen molar-refractivity contribution in [3.8, 4) is 0 Å². The van der Waals surface area contributed by atoms with Gasteiger partial charge in [-0.25, -0.2) is 4.98 Å². The number of likely N-dealkylation sites (tertiary alicyclic amines) is 1. The van der Waals surface area contributed by atoms with E-state index in [1.54, 1.807) is 5.51 Å². The van der Waals surface area contributed by atoms with E-state index >= 15 is 0 Å². The zero-order valence-corrected chi connectivity index (χ0v) is 17.5. The van der Waals surface area contributed by atoms with E-state index in [2.05, 4.69) is 46.5 Å². The number of aromatic nitrogens is 1. The highest BCUT2D eigenvalue weighted by Gasteiger charge is 2.23. The summed E-state index contributed by atoms with van der Waals surface area (Å²) in [6.45, 7) is 8.12. The van der Waals surface area contributed by atoms with Gasteiger partial charge in [0.05, 0.1) is 17.7 Å². The predicted molar refractivity (Wildman–Crippen MR) is 113 cm³/mol. The van der Waals surface area contributed by atoms with Crippen LogP contribution >= 0.6 is 11.3 Å². The lowest BCUT2D eigenvalue weighted by Gasteiger charge is -2.31. The third-order valence-electron chi connectivity index (χ3n) is 5.10. The Morgan fingerprint density at radius 3 is 2.46 bits per heavy atom. The summed E-state index contributed by atoms with van der Waals surface area (Å²) in [5, 5.41) is 6.06. The second-order valence-corrected chi connectivity index (χ2v) is 8.47. The molecular weight excluding hydrogens is 372 g/mol. The van der Waals surface area contributed by atoms with Gasteiger partial charge in [-0.3, -0.25) is 14.5 Å². The van der Waals surface area contributed by atoms with Gasteiger partial charge in [0, 0.05) is 24.8 Å². The lowest BCUT2D eigenvalue weighted by Crippen LogP contribution is -2.46. The fourth-order valence-corrected chi connectivity index (χ4v) is 4.07. The average molecular weight is 401 g/mol. The molecule has 0 atom stereocenters. The Morgan fingerprint density at radius 2 is 1.89 bits per heavy atom. The molecule has 2 amide bonds. The number of nitrogens with zero attached hydrogens (tertiary/aromatic N) is 2.